The van der Waals surface area contributed by atoms with Crippen LogP contribution in [0.4, 0.5) is 0 Å². The standard InChI is InChI=1S/C21H25NO4/c1-24-18-8-4-15(5-9-18)14-22-17(7-11-21(22)23)12-16-6-10-19(25-2)20(13-16)26-3/h4-6,8-10,13,17H,7,11-12,14H2,1-3H3/t17-/m0/s1. The monoisotopic (exact) mass is 355 g/mol. The molecule has 1 amide bonds. The number of methoxy groups -OCH3 is 3. The maximum Gasteiger partial charge on any atom is 0.223 e. The quantitative estimate of drug-likeness (QED) is 0.763. The molecule has 1 aliphatic heterocycles. The lowest BCUT2D eigenvalue weighted by Crippen LogP contribution is -2.33. The van der Waals surface area contributed by atoms with Gasteiger partial charge < -0.3 is 19.1 Å². The van der Waals surface area contributed by atoms with Crippen LogP contribution in [0.3, 0.4) is 0 Å². The summed E-state index contributed by atoms with van der Waals surface area (Å²) >= 11 is 0. The molecule has 2 aromatic rings. The summed E-state index contributed by atoms with van der Waals surface area (Å²) in [5, 5.41) is 0. The van der Waals surface area contributed by atoms with E-state index >= 15 is 0 Å². The van der Waals surface area contributed by atoms with E-state index in [1.54, 1.807) is 21.3 Å². The maximum atomic E-state index is 12.4. The third-order valence-electron chi connectivity index (χ3n) is 4.88. The minimum absolute atomic E-state index is 0.197. The van der Waals surface area contributed by atoms with Crippen molar-refractivity contribution in [3.63, 3.8) is 0 Å². The van der Waals surface area contributed by atoms with Gasteiger partial charge in [0.25, 0.3) is 0 Å². The average Bonchev–Trinajstić information content (AvgIpc) is 3.02. The Morgan fingerprint density at radius 3 is 2.27 bits per heavy atom. The van der Waals surface area contributed by atoms with Crippen LogP contribution in [0, 0.1) is 0 Å². The first kappa shape index (κ1) is 18.1. The Kier molecular flexibility index (Phi) is 5.66. The summed E-state index contributed by atoms with van der Waals surface area (Å²) in [4.78, 5) is 14.4. The second-order valence-corrected chi connectivity index (χ2v) is 6.46. The smallest absolute Gasteiger partial charge is 0.223 e. The normalized spacial score (nSPS) is 16.7. The Morgan fingerprint density at radius 2 is 1.62 bits per heavy atom. The number of benzene rings is 2. The van der Waals surface area contributed by atoms with Gasteiger partial charge in [-0.2, -0.15) is 0 Å². The van der Waals surface area contributed by atoms with Crippen LogP contribution in [-0.2, 0) is 17.8 Å². The van der Waals surface area contributed by atoms with E-state index in [2.05, 4.69) is 0 Å². The molecule has 26 heavy (non-hydrogen) atoms. The highest BCUT2D eigenvalue weighted by Crippen LogP contribution is 2.30. The van der Waals surface area contributed by atoms with E-state index in [1.165, 1.54) is 0 Å². The van der Waals surface area contributed by atoms with Crippen molar-refractivity contribution in [2.75, 3.05) is 21.3 Å². The first-order valence-corrected chi connectivity index (χ1v) is 8.78. The van der Waals surface area contributed by atoms with E-state index in [-0.39, 0.29) is 11.9 Å². The number of nitrogens with zero attached hydrogens (tertiary/aromatic N) is 1. The predicted octanol–water partition coefficient (Wildman–Crippen LogP) is 3.45. The topological polar surface area (TPSA) is 48.0 Å². The summed E-state index contributed by atoms with van der Waals surface area (Å²) < 4.78 is 15.9. The van der Waals surface area contributed by atoms with E-state index in [9.17, 15) is 4.79 Å². The SMILES string of the molecule is COc1ccc(CN2C(=O)CC[C@H]2Cc2ccc(OC)c(OC)c2)cc1. The molecular formula is C21H25NO4. The zero-order valence-electron chi connectivity index (χ0n) is 15.5. The fourth-order valence-corrected chi connectivity index (χ4v) is 3.43. The first-order valence-electron chi connectivity index (χ1n) is 8.78. The fourth-order valence-electron chi connectivity index (χ4n) is 3.43. The van der Waals surface area contributed by atoms with Crippen molar-refractivity contribution in [1.82, 2.24) is 4.90 Å². The van der Waals surface area contributed by atoms with Gasteiger partial charge in [0.15, 0.2) is 11.5 Å². The van der Waals surface area contributed by atoms with Gasteiger partial charge in [-0.15, -0.1) is 0 Å². The number of hydrogen-bond acceptors (Lipinski definition) is 4. The van der Waals surface area contributed by atoms with Gasteiger partial charge in [-0.1, -0.05) is 18.2 Å². The van der Waals surface area contributed by atoms with Crippen molar-refractivity contribution in [3.8, 4) is 17.2 Å². The van der Waals surface area contributed by atoms with Crippen LogP contribution >= 0.6 is 0 Å². The summed E-state index contributed by atoms with van der Waals surface area (Å²) in [6, 6.07) is 14.0. The molecule has 3 rings (SSSR count). The number of hydrogen-bond donors (Lipinski definition) is 0. The van der Waals surface area contributed by atoms with E-state index in [0.717, 1.165) is 35.5 Å². The largest absolute Gasteiger partial charge is 0.497 e. The zero-order valence-corrected chi connectivity index (χ0v) is 15.5. The molecule has 1 heterocycles. The predicted molar refractivity (Wildman–Crippen MR) is 99.8 cm³/mol. The summed E-state index contributed by atoms with van der Waals surface area (Å²) in [6.07, 6.45) is 2.29. The van der Waals surface area contributed by atoms with Crippen molar-refractivity contribution in [2.24, 2.45) is 0 Å². The Bertz CT molecular complexity index is 757. The van der Waals surface area contributed by atoms with Crippen LogP contribution in [0.1, 0.15) is 24.0 Å². The van der Waals surface area contributed by atoms with E-state index in [1.807, 2.05) is 47.4 Å². The van der Waals surface area contributed by atoms with Gasteiger partial charge in [-0.25, -0.2) is 0 Å². The highest BCUT2D eigenvalue weighted by molar-refractivity contribution is 5.78. The van der Waals surface area contributed by atoms with Gasteiger partial charge in [-0.3, -0.25) is 4.79 Å². The highest BCUT2D eigenvalue weighted by atomic mass is 16.5. The Morgan fingerprint density at radius 1 is 0.923 bits per heavy atom. The molecule has 0 N–H and O–H groups in total. The number of rotatable bonds is 7. The van der Waals surface area contributed by atoms with Crippen molar-refractivity contribution in [1.29, 1.82) is 0 Å². The Hall–Kier alpha value is -2.69. The van der Waals surface area contributed by atoms with Gasteiger partial charge in [0.05, 0.1) is 21.3 Å². The van der Waals surface area contributed by atoms with E-state index in [4.69, 9.17) is 14.2 Å². The fraction of sp³-hybridized carbons (Fsp3) is 0.381. The molecule has 5 heteroatoms. The van der Waals surface area contributed by atoms with Gasteiger partial charge in [0, 0.05) is 19.0 Å². The molecule has 0 radical (unpaired) electrons. The molecule has 138 valence electrons. The van der Waals surface area contributed by atoms with Crippen molar-refractivity contribution in [2.45, 2.75) is 31.8 Å². The number of likely N-dealkylation sites (tertiary alicyclic amines) is 1. The number of ether oxygens (including phenoxy) is 3. The third-order valence-corrected chi connectivity index (χ3v) is 4.88. The second kappa shape index (κ2) is 8.13. The Labute approximate surface area is 154 Å². The van der Waals surface area contributed by atoms with Crippen LogP contribution in [0.15, 0.2) is 42.5 Å². The van der Waals surface area contributed by atoms with Gasteiger partial charge in [-0.05, 0) is 48.2 Å². The van der Waals surface area contributed by atoms with Crippen molar-refractivity contribution >= 4 is 5.91 Å². The van der Waals surface area contributed by atoms with Gasteiger partial charge in [0.2, 0.25) is 5.91 Å². The maximum absolute atomic E-state index is 12.4. The van der Waals surface area contributed by atoms with Gasteiger partial charge in [0.1, 0.15) is 5.75 Å². The van der Waals surface area contributed by atoms with Crippen LogP contribution in [0.25, 0.3) is 0 Å². The molecule has 1 fully saturated rings. The molecule has 1 saturated heterocycles. The van der Waals surface area contributed by atoms with E-state index in [0.29, 0.717) is 18.7 Å². The number of carbonyl (C=O) groups is 1. The summed E-state index contributed by atoms with van der Waals surface area (Å²) in [6.45, 7) is 0.626. The molecule has 5 nitrogen and oxygen atoms in total. The molecule has 1 atom stereocenters. The molecule has 0 saturated carbocycles. The van der Waals surface area contributed by atoms with Crippen LogP contribution in [-0.4, -0.2) is 38.2 Å². The highest BCUT2D eigenvalue weighted by Gasteiger charge is 2.31. The second-order valence-electron chi connectivity index (χ2n) is 6.46. The van der Waals surface area contributed by atoms with Crippen molar-refractivity contribution in [3.05, 3.63) is 53.6 Å². The molecule has 0 unspecified atom stereocenters. The number of amides is 1. The lowest BCUT2D eigenvalue weighted by molar-refractivity contribution is -0.129. The molecule has 1 aliphatic rings. The third kappa shape index (κ3) is 3.93. The number of carbonyl (C=O) groups excluding carboxylic acids is 1. The average molecular weight is 355 g/mol. The van der Waals surface area contributed by atoms with E-state index < -0.39 is 0 Å². The molecule has 0 aromatic heterocycles. The lowest BCUT2D eigenvalue weighted by Gasteiger charge is -2.25. The molecule has 0 spiro atoms. The molecule has 0 bridgehead atoms. The van der Waals surface area contributed by atoms with Crippen LogP contribution < -0.4 is 14.2 Å². The minimum Gasteiger partial charge on any atom is -0.497 e. The molecule has 0 aliphatic carbocycles. The van der Waals surface area contributed by atoms with Crippen molar-refractivity contribution < 1.29 is 19.0 Å². The summed E-state index contributed by atoms with van der Waals surface area (Å²) in [7, 11) is 4.92. The van der Waals surface area contributed by atoms with Gasteiger partial charge >= 0.3 is 0 Å². The lowest BCUT2D eigenvalue weighted by atomic mass is 10.0. The van der Waals surface area contributed by atoms with Crippen LogP contribution in [0.2, 0.25) is 0 Å². The first-order chi connectivity index (χ1) is 12.6. The summed E-state index contributed by atoms with van der Waals surface area (Å²) in [5.41, 5.74) is 2.25. The minimum atomic E-state index is 0.197. The van der Waals surface area contributed by atoms with Crippen LogP contribution in [0.5, 0.6) is 17.2 Å². The Balaban J connectivity index is 1.73. The molecule has 2 aromatic carbocycles. The summed E-state index contributed by atoms with van der Waals surface area (Å²) in [5.74, 6) is 2.47. The zero-order chi connectivity index (χ0) is 18.5. The molecular weight excluding hydrogens is 330 g/mol.